The largest absolute Gasteiger partial charge is 0.390 e. The first-order valence-electron chi connectivity index (χ1n) is 7.40. The SMILES string of the molecule is CCc1ccc(CC(O)C2(OC)CCC(C)CC2)s1. The molecule has 0 saturated heterocycles. The first kappa shape index (κ1) is 15.0. The van der Waals surface area contributed by atoms with Crippen LogP contribution >= 0.6 is 11.3 Å². The van der Waals surface area contributed by atoms with Crippen LogP contribution in [0.25, 0.3) is 0 Å². The van der Waals surface area contributed by atoms with E-state index in [1.807, 2.05) is 11.3 Å². The zero-order chi connectivity index (χ0) is 13.9. The minimum Gasteiger partial charge on any atom is -0.390 e. The number of aliphatic hydroxyl groups is 1. The Labute approximate surface area is 120 Å². The molecule has 1 aromatic rings. The normalized spacial score (nSPS) is 29.4. The summed E-state index contributed by atoms with van der Waals surface area (Å²) >= 11 is 1.82. The van der Waals surface area contributed by atoms with Crippen molar-refractivity contribution in [2.75, 3.05) is 7.11 Å². The van der Waals surface area contributed by atoms with Crippen molar-refractivity contribution >= 4 is 11.3 Å². The molecule has 0 bridgehead atoms. The summed E-state index contributed by atoms with van der Waals surface area (Å²) in [5.74, 6) is 0.768. The lowest BCUT2D eigenvalue weighted by atomic mass is 9.75. The Hall–Kier alpha value is -0.380. The van der Waals surface area contributed by atoms with Gasteiger partial charge in [-0.15, -0.1) is 11.3 Å². The topological polar surface area (TPSA) is 29.5 Å². The monoisotopic (exact) mass is 282 g/mol. The number of methoxy groups -OCH3 is 1. The summed E-state index contributed by atoms with van der Waals surface area (Å²) in [6.45, 7) is 4.46. The lowest BCUT2D eigenvalue weighted by Gasteiger charge is -2.41. The molecule has 1 heterocycles. The molecule has 1 unspecified atom stereocenters. The summed E-state index contributed by atoms with van der Waals surface area (Å²) in [5, 5.41) is 10.6. The molecule has 1 saturated carbocycles. The Bertz CT molecular complexity index is 391. The highest BCUT2D eigenvalue weighted by Gasteiger charge is 2.40. The predicted octanol–water partition coefficient (Wildman–Crippen LogP) is 3.81. The van der Waals surface area contributed by atoms with Crippen LogP contribution in [0.5, 0.6) is 0 Å². The molecule has 0 radical (unpaired) electrons. The zero-order valence-electron chi connectivity index (χ0n) is 12.3. The van der Waals surface area contributed by atoms with Crippen LogP contribution in [0.2, 0.25) is 0 Å². The van der Waals surface area contributed by atoms with Crippen LogP contribution in [0.4, 0.5) is 0 Å². The fourth-order valence-corrected chi connectivity index (χ4v) is 4.02. The third-order valence-electron chi connectivity index (χ3n) is 4.59. The van der Waals surface area contributed by atoms with E-state index in [1.54, 1.807) is 7.11 Å². The number of hydrogen-bond acceptors (Lipinski definition) is 3. The van der Waals surface area contributed by atoms with E-state index in [0.29, 0.717) is 0 Å². The van der Waals surface area contributed by atoms with Gasteiger partial charge in [-0.3, -0.25) is 0 Å². The summed E-state index contributed by atoms with van der Waals surface area (Å²) in [6.07, 6.45) is 5.72. The third-order valence-corrected chi connectivity index (χ3v) is 5.85. The first-order valence-corrected chi connectivity index (χ1v) is 8.22. The fourth-order valence-electron chi connectivity index (χ4n) is 3.02. The van der Waals surface area contributed by atoms with Gasteiger partial charge in [-0.05, 0) is 50.2 Å². The lowest BCUT2D eigenvalue weighted by molar-refractivity contribution is -0.127. The van der Waals surface area contributed by atoms with Gasteiger partial charge in [0.15, 0.2) is 0 Å². The van der Waals surface area contributed by atoms with Crippen molar-refractivity contribution in [1.82, 2.24) is 0 Å². The van der Waals surface area contributed by atoms with Gasteiger partial charge in [0.05, 0.1) is 11.7 Å². The quantitative estimate of drug-likeness (QED) is 0.890. The molecule has 0 aliphatic heterocycles. The highest BCUT2D eigenvalue weighted by atomic mass is 32.1. The van der Waals surface area contributed by atoms with Crippen LogP contribution < -0.4 is 0 Å². The molecule has 2 rings (SSSR count). The molecule has 0 amide bonds. The highest BCUT2D eigenvalue weighted by Crippen LogP contribution is 2.38. The van der Waals surface area contributed by atoms with Gasteiger partial charge >= 0.3 is 0 Å². The van der Waals surface area contributed by atoms with E-state index in [1.165, 1.54) is 9.75 Å². The van der Waals surface area contributed by atoms with Gasteiger partial charge < -0.3 is 9.84 Å². The Kier molecular flexibility index (Phi) is 5.04. The minimum atomic E-state index is -0.381. The van der Waals surface area contributed by atoms with E-state index < -0.39 is 0 Å². The molecule has 108 valence electrons. The van der Waals surface area contributed by atoms with Crippen molar-refractivity contribution in [2.45, 2.75) is 64.1 Å². The summed E-state index contributed by atoms with van der Waals surface area (Å²) in [6, 6.07) is 4.33. The molecular weight excluding hydrogens is 256 g/mol. The van der Waals surface area contributed by atoms with Crippen LogP contribution in [0.15, 0.2) is 12.1 Å². The van der Waals surface area contributed by atoms with E-state index in [2.05, 4.69) is 26.0 Å². The standard InChI is InChI=1S/C16H26O2S/c1-4-13-5-6-14(19-13)11-15(17)16(18-3)9-7-12(2)8-10-16/h5-6,12,15,17H,4,7-11H2,1-3H3. The van der Waals surface area contributed by atoms with E-state index in [9.17, 15) is 5.11 Å². The molecule has 19 heavy (non-hydrogen) atoms. The summed E-state index contributed by atoms with van der Waals surface area (Å²) in [5.41, 5.74) is -0.317. The van der Waals surface area contributed by atoms with Crippen molar-refractivity contribution < 1.29 is 9.84 Å². The highest BCUT2D eigenvalue weighted by molar-refractivity contribution is 7.11. The molecule has 1 aliphatic rings. The predicted molar refractivity (Wildman–Crippen MR) is 80.8 cm³/mol. The number of aryl methyl sites for hydroxylation is 1. The van der Waals surface area contributed by atoms with Crippen LogP contribution in [0.1, 0.15) is 49.3 Å². The average molecular weight is 282 g/mol. The average Bonchev–Trinajstić information content (AvgIpc) is 2.87. The Morgan fingerprint density at radius 1 is 1.37 bits per heavy atom. The second-order valence-electron chi connectivity index (χ2n) is 5.89. The number of rotatable bonds is 5. The first-order chi connectivity index (χ1) is 9.09. The third kappa shape index (κ3) is 3.39. The maximum absolute atomic E-state index is 10.6. The number of thiophene rings is 1. The lowest BCUT2D eigenvalue weighted by Crippen LogP contribution is -2.47. The molecule has 3 heteroatoms. The maximum Gasteiger partial charge on any atom is 0.0940 e. The second kappa shape index (κ2) is 6.38. The summed E-state index contributed by atoms with van der Waals surface area (Å²) in [4.78, 5) is 2.67. The summed E-state index contributed by atoms with van der Waals surface area (Å²) in [7, 11) is 1.76. The fraction of sp³-hybridized carbons (Fsp3) is 0.750. The van der Waals surface area contributed by atoms with Gasteiger partial charge in [0, 0.05) is 23.3 Å². The maximum atomic E-state index is 10.6. The number of ether oxygens (including phenoxy) is 1. The Balaban J connectivity index is 2.02. The summed E-state index contributed by atoms with van der Waals surface area (Å²) < 4.78 is 5.75. The molecule has 0 aromatic carbocycles. The van der Waals surface area contributed by atoms with Crippen molar-refractivity contribution in [3.8, 4) is 0 Å². The van der Waals surface area contributed by atoms with Gasteiger partial charge in [-0.25, -0.2) is 0 Å². The smallest absolute Gasteiger partial charge is 0.0940 e. The second-order valence-corrected chi connectivity index (χ2v) is 7.15. The van der Waals surface area contributed by atoms with E-state index in [-0.39, 0.29) is 11.7 Å². The van der Waals surface area contributed by atoms with Gasteiger partial charge in [0.2, 0.25) is 0 Å². The van der Waals surface area contributed by atoms with Crippen molar-refractivity contribution in [3.63, 3.8) is 0 Å². The molecule has 0 spiro atoms. The molecule has 2 nitrogen and oxygen atoms in total. The van der Waals surface area contributed by atoms with E-state index in [0.717, 1.165) is 44.4 Å². The number of aliphatic hydroxyl groups excluding tert-OH is 1. The molecule has 1 aromatic heterocycles. The van der Waals surface area contributed by atoms with E-state index in [4.69, 9.17) is 4.74 Å². The Morgan fingerprint density at radius 2 is 2.00 bits per heavy atom. The van der Waals surface area contributed by atoms with Crippen LogP contribution in [0, 0.1) is 5.92 Å². The zero-order valence-corrected chi connectivity index (χ0v) is 13.1. The van der Waals surface area contributed by atoms with Crippen molar-refractivity contribution in [2.24, 2.45) is 5.92 Å². The molecule has 1 aliphatic carbocycles. The van der Waals surface area contributed by atoms with Crippen molar-refractivity contribution in [1.29, 1.82) is 0 Å². The van der Waals surface area contributed by atoms with Crippen LogP contribution in [-0.4, -0.2) is 23.9 Å². The molecule has 1 N–H and O–H groups in total. The van der Waals surface area contributed by atoms with Crippen molar-refractivity contribution in [3.05, 3.63) is 21.9 Å². The van der Waals surface area contributed by atoms with Crippen LogP contribution in [-0.2, 0) is 17.6 Å². The molecule has 1 fully saturated rings. The minimum absolute atomic E-state index is 0.317. The molecule has 1 atom stereocenters. The van der Waals surface area contributed by atoms with Gasteiger partial charge in [0.25, 0.3) is 0 Å². The number of hydrogen-bond donors (Lipinski definition) is 1. The van der Waals surface area contributed by atoms with Gasteiger partial charge in [-0.2, -0.15) is 0 Å². The van der Waals surface area contributed by atoms with Gasteiger partial charge in [0.1, 0.15) is 0 Å². The van der Waals surface area contributed by atoms with Gasteiger partial charge in [-0.1, -0.05) is 13.8 Å². The van der Waals surface area contributed by atoms with Crippen LogP contribution in [0.3, 0.4) is 0 Å². The Morgan fingerprint density at radius 3 is 2.53 bits per heavy atom. The molecular formula is C16H26O2S. The van der Waals surface area contributed by atoms with E-state index >= 15 is 0 Å².